The van der Waals surface area contributed by atoms with Crippen LogP contribution in [0.2, 0.25) is 10.0 Å². The highest BCUT2D eigenvalue weighted by atomic mass is 35.5. The second-order valence-electron chi connectivity index (χ2n) is 9.57. The number of methoxy groups -OCH3 is 1. The highest BCUT2D eigenvalue weighted by Crippen LogP contribution is 2.37. The summed E-state index contributed by atoms with van der Waals surface area (Å²) in [5.74, 6) is 0.430. The number of hydrogen-bond donors (Lipinski definition) is 0. The first-order valence-electron chi connectivity index (χ1n) is 13.6. The molecule has 3 aromatic carbocycles. The monoisotopic (exact) mass is 604 g/mol. The van der Waals surface area contributed by atoms with Crippen LogP contribution in [-0.4, -0.2) is 53.5 Å². The molecule has 1 aliphatic rings. The number of hydrogen-bond acceptors (Lipinski definition) is 5. The molecule has 0 atom stereocenters. The first-order valence-corrected chi connectivity index (χ1v) is 14.3. The predicted octanol–water partition coefficient (Wildman–Crippen LogP) is 7.37. The van der Waals surface area contributed by atoms with E-state index in [1.54, 1.807) is 46.7 Å². The van der Waals surface area contributed by atoms with Crippen molar-refractivity contribution < 1.29 is 19.1 Å². The van der Waals surface area contributed by atoms with Crippen molar-refractivity contribution in [1.82, 2.24) is 14.7 Å². The summed E-state index contributed by atoms with van der Waals surface area (Å²) < 4.78 is 12.4. The van der Waals surface area contributed by atoms with Gasteiger partial charge in [0.2, 0.25) is 0 Å². The Balaban J connectivity index is 1.74. The summed E-state index contributed by atoms with van der Waals surface area (Å²) >= 11 is 12.9. The maximum atomic E-state index is 14.2. The smallest absolute Gasteiger partial charge is 0.410 e. The van der Waals surface area contributed by atoms with Gasteiger partial charge in [-0.1, -0.05) is 53.5 Å². The number of fused-ring (bicyclic) bond motifs is 1. The van der Waals surface area contributed by atoms with E-state index in [-0.39, 0.29) is 31.3 Å². The van der Waals surface area contributed by atoms with Gasteiger partial charge in [-0.3, -0.25) is 9.69 Å². The van der Waals surface area contributed by atoms with Gasteiger partial charge < -0.3 is 14.4 Å². The standard InChI is InChI=1S/C32H30Cl2N4O4/c1-4-37(24-9-7-6-8-10-24)31(39)29-26-20-36(32(40)42-5-2)19-22(17-21-11-14-25(41-3)15-12-21)30(26)38(35-29)28-16-13-23(33)18-27(28)34/h6-18H,4-5,19-20H2,1-3H3. The van der Waals surface area contributed by atoms with Gasteiger partial charge in [-0.15, -0.1) is 0 Å². The lowest BCUT2D eigenvalue weighted by molar-refractivity contribution is 0.0973. The van der Waals surface area contributed by atoms with Crippen molar-refractivity contribution in [2.75, 3.05) is 31.7 Å². The van der Waals surface area contributed by atoms with Crippen molar-refractivity contribution in [3.63, 3.8) is 0 Å². The highest BCUT2D eigenvalue weighted by molar-refractivity contribution is 6.35. The van der Waals surface area contributed by atoms with Crippen LogP contribution in [0.3, 0.4) is 0 Å². The minimum absolute atomic E-state index is 0.132. The molecule has 0 fully saturated rings. The van der Waals surface area contributed by atoms with E-state index in [0.29, 0.717) is 33.5 Å². The van der Waals surface area contributed by atoms with Crippen molar-refractivity contribution in [1.29, 1.82) is 0 Å². The average molecular weight is 606 g/mol. The number of anilines is 1. The molecule has 0 radical (unpaired) electrons. The van der Waals surface area contributed by atoms with E-state index in [1.807, 2.05) is 67.6 Å². The third kappa shape index (κ3) is 5.86. The van der Waals surface area contributed by atoms with Crippen LogP contribution in [0.5, 0.6) is 5.75 Å². The molecule has 0 N–H and O–H groups in total. The fraction of sp³-hybridized carbons (Fsp3) is 0.219. The topological polar surface area (TPSA) is 76.9 Å². The Morgan fingerprint density at radius 3 is 2.38 bits per heavy atom. The SMILES string of the molecule is CCOC(=O)N1CC(=Cc2ccc(OC)cc2)c2c(c(C(=O)N(CC)c3ccccc3)nn2-c2ccc(Cl)cc2Cl)C1. The van der Waals surface area contributed by atoms with Gasteiger partial charge in [0.25, 0.3) is 5.91 Å². The van der Waals surface area contributed by atoms with Crippen molar-refractivity contribution in [2.24, 2.45) is 0 Å². The van der Waals surface area contributed by atoms with Gasteiger partial charge in [0, 0.05) is 22.8 Å². The predicted molar refractivity (Wildman–Crippen MR) is 166 cm³/mol. The Morgan fingerprint density at radius 2 is 1.74 bits per heavy atom. The zero-order valence-electron chi connectivity index (χ0n) is 23.5. The van der Waals surface area contributed by atoms with E-state index in [4.69, 9.17) is 37.8 Å². The van der Waals surface area contributed by atoms with Crippen LogP contribution in [0.15, 0.2) is 72.8 Å². The van der Waals surface area contributed by atoms with Crippen molar-refractivity contribution in [3.8, 4) is 11.4 Å². The van der Waals surface area contributed by atoms with Crippen LogP contribution in [0.1, 0.15) is 41.2 Å². The Kier molecular flexibility index (Phi) is 8.85. The summed E-state index contributed by atoms with van der Waals surface area (Å²) in [5.41, 5.74) is 4.44. The van der Waals surface area contributed by atoms with Gasteiger partial charge in [-0.25, -0.2) is 9.48 Å². The molecule has 4 aromatic rings. The minimum atomic E-state index is -0.477. The minimum Gasteiger partial charge on any atom is -0.497 e. The fourth-order valence-corrected chi connectivity index (χ4v) is 5.48. The number of benzene rings is 3. The largest absolute Gasteiger partial charge is 0.497 e. The normalized spacial score (nSPS) is 13.5. The van der Waals surface area contributed by atoms with Crippen molar-refractivity contribution in [3.05, 3.63) is 105 Å². The average Bonchev–Trinajstić information content (AvgIpc) is 3.38. The van der Waals surface area contributed by atoms with Gasteiger partial charge in [-0.05, 0) is 73.5 Å². The van der Waals surface area contributed by atoms with Crippen LogP contribution in [0, 0.1) is 0 Å². The van der Waals surface area contributed by atoms with E-state index < -0.39 is 6.09 Å². The van der Waals surface area contributed by atoms with E-state index in [1.165, 1.54) is 0 Å². The molecule has 0 aliphatic carbocycles. The Labute approximate surface area is 254 Å². The number of para-hydroxylation sites is 1. The van der Waals surface area contributed by atoms with Gasteiger partial charge >= 0.3 is 6.09 Å². The summed E-state index contributed by atoms with van der Waals surface area (Å²) in [4.78, 5) is 30.5. The quantitative estimate of drug-likeness (QED) is 0.220. The molecule has 0 spiro atoms. The number of nitrogens with zero attached hydrogens (tertiary/aromatic N) is 4. The van der Waals surface area contributed by atoms with E-state index >= 15 is 0 Å². The molecule has 0 saturated carbocycles. The molecular formula is C32H30Cl2N4O4. The first-order chi connectivity index (χ1) is 20.3. The molecule has 10 heteroatoms. The number of carbonyl (C=O) groups excluding carboxylic acids is 2. The van der Waals surface area contributed by atoms with Crippen LogP contribution in [0.25, 0.3) is 17.3 Å². The molecule has 8 nitrogen and oxygen atoms in total. The first kappa shape index (κ1) is 29.2. The summed E-state index contributed by atoms with van der Waals surface area (Å²) in [6.45, 7) is 4.68. The van der Waals surface area contributed by atoms with E-state index in [0.717, 1.165) is 22.6 Å². The number of carbonyl (C=O) groups is 2. The Hall–Kier alpha value is -4.27. The fourth-order valence-electron chi connectivity index (χ4n) is 4.99. The molecule has 0 bridgehead atoms. The second-order valence-corrected chi connectivity index (χ2v) is 10.4. The molecule has 42 heavy (non-hydrogen) atoms. The molecule has 2 amide bonds. The summed E-state index contributed by atoms with van der Waals surface area (Å²) in [5, 5.41) is 5.71. The number of aromatic nitrogens is 2. The molecule has 0 unspecified atom stereocenters. The number of rotatable bonds is 7. The Morgan fingerprint density at radius 1 is 1.00 bits per heavy atom. The molecule has 2 heterocycles. The van der Waals surface area contributed by atoms with E-state index in [2.05, 4.69) is 0 Å². The highest BCUT2D eigenvalue weighted by Gasteiger charge is 2.35. The van der Waals surface area contributed by atoms with Gasteiger partial charge in [0.15, 0.2) is 5.69 Å². The maximum absolute atomic E-state index is 14.2. The summed E-state index contributed by atoms with van der Waals surface area (Å²) in [6, 6.07) is 22.1. The molecule has 1 aliphatic heterocycles. The number of amides is 2. The van der Waals surface area contributed by atoms with Crippen LogP contribution < -0.4 is 9.64 Å². The molecule has 0 saturated heterocycles. The zero-order valence-corrected chi connectivity index (χ0v) is 25.0. The lowest BCUT2D eigenvalue weighted by Gasteiger charge is -2.29. The molecule has 1 aromatic heterocycles. The molecule has 216 valence electrons. The molecular weight excluding hydrogens is 575 g/mol. The second kappa shape index (κ2) is 12.7. The summed E-state index contributed by atoms with van der Waals surface area (Å²) in [6.07, 6.45) is 1.49. The third-order valence-electron chi connectivity index (χ3n) is 6.95. The zero-order chi connectivity index (χ0) is 29.8. The maximum Gasteiger partial charge on any atom is 0.410 e. The molecule has 5 rings (SSSR count). The van der Waals surface area contributed by atoms with Crippen molar-refractivity contribution >= 4 is 52.5 Å². The third-order valence-corrected chi connectivity index (χ3v) is 7.49. The van der Waals surface area contributed by atoms with E-state index in [9.17, 15) is 9.59 Å². The van der Waals surface area contributed by atoms with Gasteiger partial charge in [0.05, 0.1) is 43.2 Å². The lowest BCUT2D eigenvalue weighted by atomic mass is 9.97. The van der Waals surface area contributed by atoms with Crippen LogP contribution in [0.4, 0.5) is 10.5 Å². The van der Waals surface area contributed by atoms with Crippen LogP contribution in [-0.2, 0) is 11.3 Å². The summed E-state index contributed by atoms with van der Waals surface area (Å²) in [7, 11) is 1.61. The van der Waals surface area contributed by atoms with Gasteiger partial charge in [-0.2, -0.15) is 5.10 Å². The van der Waals surface area contributed by atoms with Crippen LogP contribution >= 0.6 is 23.2 Å². The van der Waals surface area contributed by atoms with Crippen molar-refractivity contribution in [2.45, 2.75) is 20.4 Å². The lowest BCUT2D eigenvalue weighted by Crippen LogP contribution is -2.37. The number of ether oxygens (including phenoxy) is 2. The van der Waals surface area contributed by atoms with Gasteiger partial charge in [0.1, 0.15) is 5.75 Å². The number of halogens is 2. The Bertz CT molecular complexity index is 1630.